The molecule has 5 heteroatoms. The minimum Gasteiger partial charge on any atom is -0.317 e. The van der Waals surface area contributed by atoms with E-state index in [1.54, 1.807) is 0 Å². The molecule has 1 N–H and O–H groups in total. The summed E-state index contributed by atoms with van der Waals surface area (Å²) in [6.07, 6.45) is 0.589. The van der Waals surface area contributed by atoms with Gasteiger partial charge >= 0.3 is 5.51 Å². The average Bonchev–Trinajstić information content (AvgIpc) is 2.00. The van der Waals surface area contributed by atoms with Crippen molar-refractivity contribution in [3.05, 3.63) is 0 Å². The third-order valence-electron chi connectivity index (χ3n) is 2.15. The molecule has 1 nitrogen and oxygen atoms in total. The number of alkyl halides is 3. The van der Waals surface area contributed by atoms with Gasteiger partial charge in [-0.15, -0.1) is 0 Å². The second kappa shape index (κ2) is 5.75. The lowest BCUT2D eigenvalue weighted by molar-refractivity contribution is -0.0328. The summed E-state index contributed by atoms with van der Waals surface area (Å²) in [6.45, 7) is 3.93. The van der Waals surface area contributed by atoms with E-state index in [1.807, 2.05) is 20.9 Å². The molecule has 80 valence electrons. The Balaban J connectivity index is 3.53. The first-order valence-corrected chi connectivity index (χ1v) is 5.23. The SMILES string of the molecule is CNC(C)C(C)CCSC(F)(F)F. The lowest BCUT2D eigenvalue weighted by Gasteiger charge is -2.18. The molecule has 0 amide bonds. The summed E-state index contributed by atoms with van der Waals surface area (Å²) in [5.41, 5.74) is -4.08. The lowest BCUT2D eigenvalue weighted by atomic mass is 10.0. The second-order valence-electron chi connectivity index (χ2n) is 3.14. The van der Waals surface area contributed by atoms with Gasteiger partial charge in [0.25, 0.3) is 0 Å². The van der Waals surface area contributed by atoms with Gasteiger partial charge in [-0.1, -0.05) is 18.7 Å². The highest BCUT2D eigenvalue weighted by molar-refractivity contribution is 8.00. The van der Waals surface area contributed by atoms with Gasteiger partial charge in [-0.2, -0.15) is 13.2 Å². The number of hydrogen-bond donors (Lipinski definition) is 1. The van der Waals surface area contributed by atoms with E-state index in [2.05, 4.69) is 5.32 Å². The standard InChI is InChI=1S/C8H16F3NS/c1-6(7(2)12-3)4-5-13-8(9,10)11/h6-7,12H,4-5H2,1-3H3. The zero-order valence-electron chi connectivity index (χ0n) is 8.11. The molecular formula is C8H16F3NS. The summed E-state index contributed by atoms with van der Waals surface area (Å²) >= 11 is 0.0620. The lowest BCUT2D eigenvalue weighted by Crippen LogP contribution is -2.29. The van der Waals surface area contributed by atoms with E-state index >= 15 is 0 Å². The molecule has 2 atom stereocenters. The molecule has 0 rings (SSSR count). The van der Waals surface area contributed by atoms with Crippen molar-refractivity contribution in [2.75, 3.05) is 12.8 Å². The maximum atomic E-state index is 11.7. The summed E-state index contributed by atoms with van der Waals surface area (Å²) < 4.78 is 35.2. The van der Waals surface area contributed by atoms with Crippen molar-refractivity contribution >= 4 is 11.8 Å². The minimum atomic E-state index is -4.08. The first kappa shape index (κ1) is 13.1. The molecule has 0 aliphatic carbocycles. The Morgan fingerprint density at radius 3 is 2.23 bits per heavy atom. The number of rotatable bonds is 5. The van der Waals surface area contributed by atoms with Crippen LogP contribution in [0.15, 0.2) is 0 Å². The molecular weight excluding hydrogens is 199 g/mol. The van der Waals surface area contributed by atoms with Crippen LogP contribution in [-0.2, 0) is 0 Å². The molecule has 0 aromatic rings. The maximum absolute atomic E-state index is 11.7. The van der Waals surface area contributed by atoms with Gasteiger partial charge in [-0.25, -0.2) is 0 Å². The van der Waals surface area contributed by atoms with Gasteiger partial charge < -0.3 is 5.32 Å². The molecule has 0 saturated carbocycles. The first-order valence-electron chi connectivity index (χ1n) is 4.24. The Morgan fingerprint density at radius 2 is 1.85 bits per heavy atom. The zero-order chi connectivity index (χ0) is 10.5. The summed E-state index contributed by atoms with van der Waals surface area (Å²) in [6, 6.07) is 0.272. The van der Waals surface area contributed by atoms with Crippen LogP contribution >= 0.6 is 11.8 Å². The topological polar surface area (TPSA) is 12.0 Å². The highest BCUT2D eigenvalue weighted by Gasteiger charge is 2.27. The van der Waals surface area contributed by atoms with E-state index in [0.29, 0.717) is 6.42 Å². The molecule has 0 fully saturated rings. The molecule has 2 unspecified atom stereocenters. The van der Waals surface area contributed by atoms with E-state index in [4.69, 9.17) is 0 Å². The molecule has 13 heavy (non-hydrogen) atoms. The maximum Gasteiger partial charge on any atom is 0.441 e. The fraction of sp³-hybridized carbons (Fsp3) is 1.00. The van der Waals surface area contributed by atoms with Crippen LogP contribution < -0.4 is 5.32 Å². The molecule has 0 aromatic heterocycles. The molecule has 0 saturated heterocycles. The average molecular weight is 215 g/mol. The number of halogens is 3. The molecule has 0 aliphatic rings. The van der Waals surface area contributed by atoms with Gasteiger partial charge in [-0.05, 0) is 26.3 Å². The van der Waals surface area contributed by atoms with Gasteiger partial charge in [0.15, 0.2) is 0 Å². The van der Waals surface area contributed by atoms with Crippen LogP contribution in [0.4, 0.5) is 13.2 Å². The van der Waals surface area contributed by atoms with Crippen molar-refractivity contribution in [3.8, 4) is 0 Å². The molecule has 0 aromatic carbocycles. The van der Waals surface area contributed by atoms with Crippen LogP contribution in [0.2, 0.25) is 0 Å². The van der Waals surface area contributed by atoms with E-state index in [0.717, 1.165) is 0 Å². The van der Waals surface area contributed by atoms with Gasteiger partial charge in [0.1, 0.15) is 0 Å². The Hall–Kier alpha value is 0.100. The normalized spacial score (nSPS) is 17.1. The molecule has 0 spiro atoms. The second-order valence-corrected chi connectivity index (χ2v) is 4.30. The fourth-order valence-corrected chi connectivity index (χ4v) is 1.62. The third kappa shape index (κ3) is 7.19. The predicted octanol–water partition coefficient (Wildman–Crippen LogP) is 2.87. The van der Waals surface area contributed by atoms with Crippen molar-refractivity contribution in [2.24, 2.45) is 5.92 Å². The first-order chi connectivity index (χ1) is 5.87. The van der Waals surface area contributed by atoms with Gasteiger partial charge in [0.05, 0.1) is 0 Å². The molecule has 0 heterocycles. The van der Waals surface area contributed by atoms with Crippen LogP contribution in [-0.4, -0.2) is 24.4 Å². The zero-order valence-corrected chi connectivity index (χ0v) is 8.93. The van der Waals surface area contributed by atoms with E-state index < -0.39 is 5.51 Å². The largest absolute Gasteiger partial charge is 0.441 e. The Kier molecular flexibility index (Phi) is 5.80. The van der Waals surface area contributed by atoms with Gasteiger partial charge in [-0.3, -0.25) is 0 Å². The third-order valence-corrected chi connectivity index (χ3v) is 2.91. The molecule has 0 aliphatic heterocycles. The van der Waals surface area contributed by atoms with Crippen molar-refractivity contribution in [1.82, 2.24) is 5.32 Å². The number of hydrogen-bond acceptors (Lipinski definition) is 2. The highest BCUT2D eigenvalue weighted by atomic mass is 32.2. The summed E-state index contributed by atoms with van der Waals surface area (Å²) in [5, 5.41) is 3.02. The van der Waals surface area contributed by atoms with Gasteiger partial charge in [0, 0.05) is 11.8 Å². The van der Waals surface area contributed by atoms with Crippen LogP contribution in [0.5, 0.6) is 0 Å². The van der Waals surface area contributed by atoms with Gasteiger partial charge in [0.2, 0.25) is 0 Å². The molecule has 0 radical (unpaired) electrons. The Labute approximate surface area is 81.5 Å². The minimum absolute atomic E-state index is 0.0620. The van der Waals surface area contributed by atoms with E-state index in [-0.39, 0.29) is 29.5 Å². The van der Waals surface area contributed by atoms with Crippen LogP contribution in [0.1, 0.15) is 20.3 Å². The van der Waals surface area contributed by atoms with Crippen LogP contribution in [0.25, 0.3) is 0 Å². The molecule has 0 bridgehead atoms. The van der Waals surface area contributed by atoms with Crippen LogP contribution in [0, 0.1) is 5.92 Å². The summed E-state index contributed by atoms with van der Waals surface area (Å²) in [7, 11) is 1.82. The van der Waals surface area contributed by atoms with E-state index in [9.17, 15) is 13.2 Å². The Bertz CT molecular complexity index is 138. The van der Waals surface area contributed by atoms with Crippen molar-refractivity contribution in [2.45, 2.75) is 31.8 Å². The smallest absolute Gasteiger partial charge is 0.317 e. The highest BCUT2D eigenvalue weighted by Crippen LogP contribution is 2.31. The number of nitrogens with one attached hydrogen (secondary N) is 1. The fourth-order valence-electron chi connectivity index (χ4n) is 0.895. The quantitative estimate of drug-likeness (QED) is 0.756. The Morgan fingerprint density at radius 1 is 1.31 bits per heavy atom. The van der Waals surface area contributed by atoms with Crippen molar-refractivity contribution < 1.29 is 13.2 Å². The predicted molar refractivity (Wildman–Crippen MR) is 50.8 cm³/mol. The number of thioether (sulfide) groups is 1. The summed E-state index contributed by atoms with van der Waals surface area (Å²) in [4.78, 5) is 0. The monoisotopic (exact) mass is 215 g/mol. The summed E-state index contributed by atoms with van der Waals surface area (Å²) in [5.74, 6) is 0.427. The van der Waals surface area contributed by atoms with Crippen molar-refractivity contribution in [1.29, 1.82) is 0 Å². The van der Waals surface area contributed by atoms with E-state index in [1.165, 1.54) is 0 Å². The van der Waals surface area contributed by atoms with Crippen molar-refractivity contribution in [3.63, 3.8) is 0 Å². The van der Waals surface area contributed by atoms with Crippen LogP contribution in [0.3, 0.4) is 0 Å².